The van der Waals surface area contributed by atoms with E-state index in [1.807, 2.05) is 36.4 Å². The monoisotopic (exact) mass is 235 g/mol. The summed E-state index contributed by atoms with van der Waals surface area (Å²) in [6, 6.07) is 15.2. The SMILES string of the molecule is O=c1ccc2ccc3[nH]c4ccccc4c3c2o1. The maximum absolute atomic E-state index is 11.4. The Balaban J connectivity index is 2.39. The van der Waals surface area contributed by atoms with Crippen LogP contribution < -0.4 is 5.63 Å². The fourth-order valence-electron chi connectivity index (χ4n) is 2.46. The van der Waals surface area contributed by atoms with E-state index >= 15 is 0 Å². The van der Waals surface area contributed by atoms with Crippen molar-refractivity contribution < 1.29 is 4.42 Å². The Morgan fingerprint density at radius 3 is 2.67 bits per heavy atom. The largest absolute Gasteiger partial charge is 0.422 e. The fourth-order valence-corrected chi connectivity index (χ4v) is 2.46. The zero-order chi connectivity index (χ0) is 12.1. The van der Waals surface area contributed by atoms with Crippen LogP contribution in [0, 0.1) is 0 Å². The minimum Gasteiger partial charge on any atom is -0.422 e. The lowest BCUT2D eigenvalue weighted by Gasteiger charge is -1.97. The van der Waals surface area contributed by atoms with Gasteiger partial charge < -0.3 is 9.40 Å². The van der Waals surface area contributed by atoms with Gasteiger partial charge in [0.25, 0.3) is 0 Å². The molecule has 4 aromatic rings. The van der Waals surface area contributed by atoms with E-state index in [0.29, 0.717) is 5.58 Å². The van der Waals surface area contributed by atoms with E-state index in [1.165, 1.54) is 6.07 Å². The highest BCUT2D eigenvalue weighted by Gasteiger charge is 2.09. The third kappa shape index (κ3) is 1.16. The number of H-pyrrole nitrogens is 1. The summed E-state index contributed by atoms with van der Waals surface area (Å²) in [6.45, 7) is 0. The first-order chi connectivity index (χ1) is 8.83. The third-order valence-corrected chi connectivity index (χ3v) is 3.26. The number of fused-ring (bicyclic) bond motifs is 5. The molecule has 2 aromatic heterocycles. The molecule has 0 aliphatic heterocycles. The van der Waals surface area contributed by atoms with Crippen LogP contribution in [0.3, 0.4) is 0 Å². The van der Waals surface area contributed by atoms with Crippen molar-refractivity contribution in [3.63, 3.8) is 0 Å². The van der Waals surface area contributed by atoms with Crippen molar-refractivity contribution in [2.45, 2.75) is 0 Å². The highest BCUT2D eigenvalue weighted by molar-refractivity contribution is 6.17. The predicted octanol–water partition coefficient (Wildman–Crippen LogP) is 3.43. The molecule has 0 aliphatic carbocycles. The maximum atomic E-state index is 11.4. The fraction of sp³-hybridized carbons (Fsp3) is 0. The zero-order valence-corrected chi connectivity index (χ0v) is 9.44. The van der Waals surface area contributed by atoms with Gasteiger partial charge in [0.2, 0.25) is 0 Å². The molecule has 4 rings (SSSR count). The summed E-state index contributed by atoms with van der Waals surface area (Å²) in [5, 5.41) is 2.99. The number of nitrogens with one attached hydrogen (secondary N) is 1. The lowest BCUT2D eigenvalue weighted by Crippen LogP contribution is -1.94. The number of hydrogen-bond donors (Lipinski definition) is 1. The molecular formula is C15H9NO2. The van der Waals surface area contributed by atoms with E-state index in [-0.39, 0.29) is 5.63 Å². The Morgan fingerprint density at radius 2 is 1.72 bits per heavy atom. The van der Waals surface area contributed by atoms with Gasteiger partial charge in [0, 0.05) is 22.4 Å². The smallest absolute Gasteiger partial charge is 0.336 e. The molecule has 18 heavy (non-hydrogen) atoms. The normalized spacial score (nSPS) is 11.6. The summed E-state index contributed by atoms with van der Waals surface area (Å²) >= 11 is 0. The minimum absolute atomic E-state index is 0.319. The minimum atomic E-state index is -0.319. The molecule has 0 spiro atoms. The summed E-state index contributed by atoms with van der Waals surface area (Å²) < 4.78 is 5.37. The van der Waals surface area contributed by atoms with Gasteiger partial charge in [0.15, 0.2) is 0 Å². The Kier molecular flexibility index (Phi) is 1.70. The van der Waals surface area contributed by atoms with Crippen molar-refractivity contribution in [2.75, 3.05) is 0 Å². The summed E-state index contributed by atoms with van der Waals surface area (Å²) in [7, 11) is 0. The Hall–Kier alpha value is -2.55. The summed E-state index contributed by atoms with van der Waals surface area (Å²) in [6.07, 6.45) is 0. The summed E-state index contributed by atoms with van der Waals surface area (Å²) in [4.78, 5) is 14.7. The van der Waals surface area contributed by atoms with Gasteiger partial charge in [-0.3, -0.25) is 0 Å². The highest BCUT2D eigenvalue weighted by atomic mass is 16.4. The summed E-state index contributed by atoms with van der Waals surface area (Å²) in [5.74, 6) is 0. The molecule has 0 radical (unpaired) electrons. The van der Waals surface area contributed by atoms with Gasteiger partial charge in [-0.25, -0.2) is 4.79 Å². The molecule has 1 N–H and O–H groups in total. The van der Waals surface area contributed by atoms with Crippen LogP contribution in [-0.4, -0.2) is 4.98 Å². The summed E-state index contributed by atoms with van der Waals surface area (Å²) in [5.41, 5.74) is 2.36. The number of aromatic amines is 1. The van der Waals surface area contributed by atoms with E-state index in [1.54, 1.807) is 6.07 Å². The molecule has 86 valence electrons. The average molecular weight is 235 g/mol. The molecular weight excluding hydrogens is 226 g/mol. The van der Waals surface area contributed by atoms with Crippen LogP contribution in [-0.2, 0) is 0 Å². The second kappa shape index (κ2) is 3.23. The first-order valence-corrected chi connectivity index (χ1v) is 5.76. The lowest BCUT2D eigenvalue weighted by molar-refractivity contribution is 0.564. The van der Waals surface area contributed by atoms with E-state index in [4.69, 9.17) is 4.42 Å². The Morgan fingerprint density at radius 1 is 0.889 bits per heavy atom. The average Bonchev–Trinajstić information content (AvgIpc) is 2.77. The van der Waals surface area contributed by atoms with Crippen molar-refractivity contribution in [1.82, 2.24) is 4.98 Å². The van der Waals surface area contributed by atoms with Crippen LogP contribution in [0.1, 0.15) is 0 Å². The van der Waals surface area contributed by atoms with Crippen molar-refractivity contribution in [1.29, 1.82) is 0 Å². The van der Waals surface area contributed by atoms with Crippen molar-refractivity contribution in [3.05, 3.63) is 59.0 Å². The molecule has 0 amide bonds. The Bertz CT molecular complexity index is 947. The topological polar surface area (TPSA) is 46.0 Å². The first kappa shape index (κ1) is 9.48. The molecule has 0 bridgehead atoms. The first-order valence-electron chi connectivity index (χ1n) is 5.76. The van der Waals surface area contributed by atoms with Crippen LogP contribution in [0.5, 0.6) is 0 Å². The van der Waals surface area contributed by atoms with Crippen LogP contribution in [0.25, 0.3) is 32.8 Å². The second-order valence-electron chi connectivity index (χ2n) is 4.33. The maximum Gasteiger partial charge on any atom is 0.336 e. The Labute approximate surface area is 102 Å². The molecule has 0 atom stereocenters. The number of para-hydroxylation sites is 1. The van der Waals surface area contributed by atoms with E-state index < -0.39 is 0 Å². The van der Waals surface area contributed by atoms with Crippen molar-refractivity contribution in [3.8, 4) is 0 Å². The lowest BCUT2D eigenvalue weighted by atomic mass is 10.1. The van der Waals surface area contributed by atoms with Gasteiger partial charge in [0.05, 0.1) is 10.9 Å². The molecule has 0 unspecified atom stereocenters. The van der Waals surface area contributed by atoms with Crippen LogP contribution in [0.15, 0.2) is 57.7 Å². The van der Waals surface area contributed by atoms with Crippen LogP contribution in [0.4, 0.5) is 0 Å². The van der Waals surface area contributed by atoms with E-state index in [9.17, 15) is 4.79 Å². The number of aromatic nitrogens is 1. The highest BCUT2D eigenvalue weighted by Crippen LogP contribution is 2.31. The van der Waals surface area contributed by atoms with Gasteiger partial charge in [-0.15, -0.1) is 0 Å². The van der Waals surface area contributed by atoms with Crippen LogP contribution >= 0.6 is 0 Å². The number of hydrogen-bond acceptors (Lipinski definition) is 2. The van der Waals surface area contributed by atoms with Gasteiger partial charge in [-0.1, -0.05) is 18.2 Å². The zero-order valence-electron chi connectivity index (χ0n) is 9.44. The van der Waals surface area contributed by atoms with E-state index in [0.717, 1.165) is 27.2 Å². The molecule has 2 heterocycles. The molecule has 0 saturated carbocycles. The second-order valence-corrected chi connectivity index (χ2v) is 4.33. The number of benzene rings is 2. The molecule has 0 saturated heterocycles. The molecule has 0 fully saturated rings. The van der Waals surface area contributed by atoms with Gasteiger partial charge in [0.1, 0.15) is 5.58 Å². The molecule has 2 aromatic carbocycles. The molecule has 3 nitrogen and oxygen atoms in total. The number of rotatable bonds is 0. The third-order valence-electron chi connectivity index (χ3n) is 3.26. The molecule has 0 aliphatic rings. The van der Waals surface area contributed by atoms with Crippen molar-refractivity contribution in [2.24, 2.45) is 0 Å². The van der Waals surface area contributed by atoms with Crippen molar-refractivity contribution >= 4 is 32.8 Å². The standard InChI is InChI=1S/C15H9NO2/c17-13-8-6-9-5-7-12-14(15(9)18-13)10-3-1-2-4-11(10)16-12/h1-8,16H. The predicted molar refractivity (Wildman–Crippen MR) is 71.8 cm³/mol. The van der Waals surface area contributed by atoms with Gasteiger partial charge in [-0.05, 0) is 24.3 Å². The van der Waals surface area contributed by atoms with Gasteiger partial charge >= 0.3 is 5.63 Å². The molecule has 3 heteroatoms. The van der Waals surface area contributed by atoms with E-state index in [2.05, 4.69) is 4.98 Å². The quantitative estimate of drug-likeness (QED) is 0.474. The van der Waals surface area contributed by atoms with Crippen LogP contribution in [0.2, 0.25) is 0 Å². The van der Waals surface area contributed by atoms with Gasteiger partial charge in [-0.2, -0.15) is 0 Å².